The lowest BCUT2D eigenvalue weighted by Crippen LogP contribution is -2.10. The molecule has 2 aromatic carbocycles. The van der Waals surface area contributed by atoms with E-state index < -0.39 is 10.8 Å². The van der Waals surface area contributed by atoms with Gasteiger partial charge in [0, 0.05) is 10.6 Å². The Hall–Kier alpha value is -1.81. The zero-order valence-electron chi connectivity index (χ0n) is 10.8. The zero-order valence-corrected chi connectivity index (χ0v) is 11.7. The molecule has 1 unspecified atom stereocenters. The van der Waals surface area contributed by atoms with Crippen LogP contribution in [0.25, 0.3) is 0 Å². The van der Waals surface area contributed by atoms with Gasteiger partial charge in [0.05, 0.1) is 16.6 Å². The third-order valence-electron chi connectivity index (χ3n) is 2.85. The van der Waals surface area contributed by atoms with Crippen LogP contribution in [0.3, 0.4) is 0 Å². The summed E-state index contributed by atoms with van der Waals surface area (Å²) in [6.07, 6.45) is 0. The summed E-state index contributed by atoms with van der Waals surface area (Å²) in [6, 6.07) is 15.0. The summed E-state index contributed by atoms with van der Waals surface area (Å²) in [5.41, 5.74) is 7.38. The Kier molecular flexibility index (Phi) is 4.58. The number of para-hydroxylation sites is 1. The summed E-state index contributed by atoms with van der Waals surface area (Å²) in [7, 11) is -1.08. The van der Waals surface area contributed by atoms with E-state index >= 15 is 0 Å². The molecular weight excluding hydrogens is 258 g/mol. The van der Waals surface area contributed by atoms with E-state index in [2.05, 4.69) is 0 Å². The van der Waals surface area contributed by atoms with Crippen molar-refractivity contribution in [3.63, 3.8) is 0 Å². The molecule has 1 atom stereocenters. The number of rotatable bonds is 5. The van der Waals surface area contributed by atoms with Gasteiger partial charge >= 0.3 is 0 Å². The summed E-state index contributed by atoms with van der Waals surface area (Å²) >= 11 is 0. The maximum Gasteiger partial charge on any atom is 0.119 e. The largest absolute Gasteiger partial charge is 0.493 e. The van der Waals surface area contributed by atoms with Crippen LogP contribution in [-0.2, 0) is 10.8 Å². The standard InChI is InChI=1S/C15H17NO2S/c1-12-14(16)8-5-9-15(12)19(17)11-10-18-13-6-3-2-4-7-13/h2-9H,10-11,16H2,1H3. The SMILES string of the molecule is Cc1c(N)cccc1S(=O)CCOc1ccccc1. The fourth-order valence-corrected chi connectivity index (χ4v) is 2.88. The molecule has 2 aromatic rings. The highest BCUT2D eigenvalue weighted by molar-refractivity contribution is 7.85. The lowest BCUT2D eigenvalue weighted by Gasteiger charge is -2.09. The Balaban J connectivity index is 1.93. The normalized spacial score (nSPS) is 12.1. The van der Waals surface area contributed by atoms with Crippen LogP contribution in [0.5, 0.6) is 5.75 Å². The Morgan fingerprint density at radius 2 is 1.84 bits per heavy atom. The number of benzene rings is 2. The van der Waals surface area contributed by atoms with Crippen LogP contribution < -0.4 is 10.5 Å². The maximum absolute atomic E-state index is 12.2. The third kappa shape index (κ3) is 3.58. The van der Waals surface area contributed by atoms with Crippen molar-refractivity contribution in [2.75, 3.05) is 18.1 Å². The number of hydrogen-bond donors (Lipinski definition) is 1. The highest BCUT2D eigenvalue weighted by Crippen LogP contribution is 2.19. The average molecular weight is 275 g/mol. The molecule has 0 aliphatic carbocycles. The molecule has 0 radical (unpaired) electrons. The second kappa shape index (κ2) is 6.38. The molecule has 100 valence electrons. The maximum atomic E-state index is 12.2. The topological polar surface area (TPSA) is 52.3 Å². The highest BCUT2D eigenvalue weighted by atomic mass is 32.2. The van der Waals surface area contributed by atoms with E-state index in [0.717, 1.165) is 16.2 Å². The van der Waals surface area contributed by atoms with E-state index in [0.29, 0.717) is 18.0 Å². The second-order valence-electron chi connectivity index (χ2n) is 4.18. The minimum absolute atomic E-state index is 0.421. The van der Waals surface area contributed by atoms with Gasteiger partial charge in [0.2, 0.25) is 0 Å². The fraction of sp³-hybridized carbons (Fsp3) is 0.200. The predicted molar refractivity (Wildman–Crippen MR) is 78.8 cm³/mol. The van der Waals surface area contributed by atoms with Crippen molar-refractivity contribution in [2.24, 2.45) is 0 Å². The number of nitrogen functional groups attached to an aromatic ring is 1. The second-order valence-corrected chi connectivity index (χ2v) is 5.72. The molecule has 0 aliphatic rings. The van der Waals surface area contributed by atoms with Crippen molar-refractivity contribution in [3.05, 3.63) is 54.1 Å². The van der Waals surface area contributed by atoms with Gasteiger partial charge in [-0.15, -0.1) is 0 Å². The van der Waals surface area contributed by atoms with Crippen LogP contribution in [0.4, 0.5) is 5.69 Å². The molecule has 0 fully saturated rings. The molecule has 0 aliphatic heterocycles. The van der Waals surface area contributed by atoms with Crippen molar-refractivity contribution in [2.45, 2.75) is 11.8 Å². The van der Waals surface area contributed by atoms with Gasteiger partial charge in [0.25, 0.3) is 0 Å². The molecule has 0 saturated carbocycles. The number of anilines is 1. The van der Waals surface area contributed by atoms with Crippen molar-refractivity contribution < 1.29 is 8.95 Å². The first-order valence-electron chi connectivity index (χ1n) is 6.10. The first-order valence-corrected chi connectivity index (χ1v) is 7.41. The van der Waals surface area contributed by atoms with E-state index in [1.54, 1.807) is 0 Å². The van der Waals surface area contributed by atoms with Gasteiger partial charge in [0.1, 0.15) is 12.4 Å². The minimum Gasteiger partial charge on any atom is -0.493 e. The molecule has 2 N–H and O–H groups in total. The smallest absolute Gasteiger partial charge is 0.119 e. The van der Waals surface area contributed by atoms with Crippen molar-refractivity contribution in [1.82, 2.24) is 0 Å². The van der Waals surface area contributed by atoms with Crippen molar-refractivity contribution in [3.8, 4) is 5.75 Å². The predicted octanol–water partition coefficient (Wildman–Crippen LogP) is 2.76. The van der Waals surface area contributed by atoms with Crippen LogP contribution in [0.2, 0.25) is 0 Å². The van der Waals surface area contributed by atoms with Gasteiger partial charge in [0.15, 0.2) is 0 Å². The molecular formula is C15H17NO2S. The van der Waals surface area contributed by atoms with Crippen LogP contribution >= 0.6 is 0 Å². The van der Waals surface area contributed by atoms with E-state index in [4.69, 9.17) is 10.5 Å². The van der Waals surface area contributed by atoms with Gasteiger partial charge in [-0.2, -0.15) is 0 Å². The molecule has 19 heavy (non-hydrogen) atoms. The molecule has 0 saturated heterocycles. The molecule has 0 aromatic heterocycles. The van der Waals surface area contributed by atoms with Gasteiger partial charge in [-0.25, -0.2) is 0 Å². The van der Waals surface area contributed by atoms with Gasteiger partial charge in [-0.1, -0.05) is 24.3 Å². The first kappa shape index (κ1) is 13.6. The lowest BCUT2D eigenvalue weighted by atomic mass is 10.2. The third-order valence-corrected chi connectivity index (χ3v) is 4.32. The molecule has 3 nitrogen and oxygen atoms in total. The summed E-state index contributed by atoms with van der Waals surface area (Å²) in [5, 5.41) is 0. The molecule has 0 heterocycles. The number of hydrogen-bond acceptors (Lipinski definition) is 3. The molecule has 0 bridgehead atoms. The van der Waals surface area contributed by atoms with E-state index in [-0.39, 0.29) is 0 Å². The van der Waals surface area contributed by atoms with Crippen molar-refractivity contribution >= 4 is 16.5 Å². The Bertz CT molecular complexity index is 570. The van der Waals surface area contributed by atoms with E-state index in [1.165, 1.54) is 0 Å². The summed E-state index contributed by atoms with van der Waals surface area (Å²) in [4.78, 5) is 0.789. The minimum atomic E-state index is -1.08. The molecule has 2 rings (SSSR count). The highest BCUT2D eigenvalue weighted by Gasteiger charge is 2.09. The Labute approximate surface area is 115 Å². The zero-order chi connectivity index (χ0) is 13.7. The number of nitrogens with two attached hydrogens (primary N) is 1. The molecule has 4 heteroatoms. The van der Waals surface area contributed by atoms with E-state index in [1.807, 2.05) is 55.5 Å². The van der Waals surface area contributed by atoms with Gasteiger partial charge < -0.3 is 10.5 Å². The molecule has 0 spiro atoms. The first-order chi connectivity index (χ1) is 9.18. The van der Waals surface area contributed by atoms with Crippen LogP contribution in [0.1, 0.15) is 5.56 Å². The lowest BCUT2D eigenvalue weighted by molar-refractivity contribution is 0.342. The fourth-order valence-electron chi connectivity index (χ4n) is 1.74. The average Bonchev–Trinajstić information content (AvgIpc) is 2.43. The summed E-state index contributed by atoms with van der Waals surface area (Å²) < 4.78 is 17.7. The summed E-state index contributed by atoms with van der Waals surface area (Å²) in [6.45, 7) is 2.31. The quantitative estimate of drug-likeness (QED) is 0.854. The van der Waals surface area contributed by atoms with Crippen LogP contribution in [0, 0.1) is 6.92 Å². The van der Waals surface area contributed by atoms with Crippen LogP contribution in [0.15, 0.2) is 53.4 Å². The van der Waals surface area contributed by atoms with E-state index in [9.17, 15) is 4.21 Å². The Morgan fingerprint density at radius 1 is 1.11 bits per heavy atom. The Morgan fingerprint density at radius 3 is 2.58 bits per heavy atom. The number of ether oxygens (including phenoxy) is 1. The van der Waals surface area contributed by atoms with Crippen LogP contribution in [-0.4, -0.2) is 16.6 Å². The van der Waals surface area contributed by atoms with Gasteiger partial charge in [-0.05, 0) is 36.8 Å². The molecule has 0 amide bonds. The van der Waals surface area contributed by atoms with Crippen molar-refractivity contribution in [1.29, 1.82) is 0 Å². The summed E-state index contributed by atoms with van der Waals surface area (Å²) in [5.74, 6) is 1.25. The van der Waals surface area contributed by atoms with Gasteiger partial charge in [-0.3, -0.25) is 4.21 Å². The monoisotopic (exact) mass is 275 g/mol.